The molecule has 1 aliphatic rings. The molecule has 0 aromatic heterocycles. The highest BCUT2D eigenvalue weighted by atomic mass is 35.5. The second kappa shape index (κ2) is 5.66. The molecular weight excluding hydrogens is 290 g/mol. The lowest BCUT2D eigenvalue weighted by Gasteiger charge is -2.32. The van der Waals surface area contributed by atoms with Crippen molar-refractivity contribution in [3.63, 3.8) is 0 Å². The molecule has 1 saturated heterocycles. The lowest BCUT2D eigenvalue weighted by Crippen LogP contribution is -2.46. The Hall–Kier alpha value is -0.820. The van der Waals surface area contributed by atoms with Crippen molar-refractivity contribution < 1.29 is 17.9 Å². The molecule has 5 nitrogen and oxygen atoms in total. The summed E-state index contributed by atoms with van der Waals surface area (Å²) in [5.41, 5.74) is 0. The van der Waals surface area contributed by atoms with Gasteiger partial charge in [-0.25, -0.2) is 8.42 Å². The number of morpholine rings is 1. The van der Waals surface area contributed by atoms with Crippen LogP contribution < -0.4 is 4.74 Å². The minimum atomic E-state index is -3.55. The molecule has 19 heavy (non-hydrogen) atoms. The molecule has 0 aliphatic carbocycles. The van der Waals surface area contributed by atoms with Crippen molar-refractivity contribution in [2.45, 2.75) is 17.9 Å². The van der Waals surface area contributed by atoms with Crippen LogP contribution in [0.4, 0.5) is 0 Å². The van der Waals surface area contributed by atoms with Gasteiger partial charge in [-0.1, -0.05) is 11.6 Å². The molecule has 1 aliphatic heterocycles. The predicted octanol–water partition coefficient (Wildman–Crippen LogP) is 1.76. The molecule has 1 heterocycles. The first kappa shape index (κ1) is 14.6. The van der Waals surface area contributed by atoms with Crippen LogP contribution in [-0.4, -0.2) is 45.6 Å². The molecule has 0 spiro atoms. The van der Waals surface area contributed by atoms with Crippen LogP contribution in [0, 0.1) is 0 Å². The van der Waals surface area contributed by atoms with Crippen LogP contribution in [0.3, 0.4) is 0 Å². The monoisotopic (exact) mass is 305 g/mol. The van der Waals surface area contributed by atoms with Crippen LogP contribution in [0.15, 0.2) is 23.1 Å². The van der Waals surface area contributed by atoms with Crippen LogP contribution in [0.25, 0.3) is 0 Å². The van der Waals surface area contributed by atoms with E-state index in [0.717, 1.165) is 0 Å². The molecule has 0 amide bonds. The van der Waals surface area contributed by atoms with E-state index in [-0.39, 0.29) is 16.0 Å². The van der Waals surface area contributed by atoms with Crippen molar-refractivity contribution in [2.24, 2.45) is 0 Å². The summed E-state index contributed by atoms with van der Waals surface area (Å²) in [5.74, 6) is 0.454. The highest BCUT2D eigenvalue weighted by Gasteiger charge is 2.31. The summed E-state index contributed by atoms with van der Waals surface area (Å²) in [4.78, 5) is 0.173. The van der Waals surface area contributed by atoms with Gasteiger partial charge in [0.25, 0.3) is 0 Å². The van der Waals surface area contributed by atoms with Crippen LogP contribution >= 0.6 is 11.6 Å². The fraction of sp³-hybridized carbons (Fsp3) is 0.500. The van der Waals surface area contributed by atoms with E-state index >= 15 is 0 Å². The molecular formula is C12H16ClNO4S. The van der Waals surface area contributed by atoms with E-state index in [0.29, 0.717) is 25.5 Å². The molecule has 1 aromatic carbocycles. The van der Waals surface area contributed by atoms with Crippen LogP contribution in [0.2, 0.25) is 5.02 Å². The molecule has 1 unspecified atom stereocenters. The molecule has 0 bridgehead atoms. The van der Waals surface area contributed by atoms with E-state index in [2.05, 4.69) is 0 Å². The van der Waals surface area contributed by atoms with Gasteiger partial charge in [-0.2, -0.15) is 4.31 Å². The molecule has 0 radical (unpaired) electrons. The van der Waals surface area contributed by atoms with Crippen molar-refractivity contribution in [1.29, 1.82) is 0 Å². The summed E-state index contributed by atoms with van der Waals surface area (Å²) in [6.45, 7) is 2.99. The molecule has 1 atom stereocenters. The fourth-order valence-corrected chi connectivity index (χ4v) is 3.96. The van der Waals surface area contributed by atoms with Gasteiger partial charge in [0, 0.05) is 12.6 Å². The highest BCUT2D eigenvalue weighted by Crippen LogP contribution is 2.29. The Kier molecular flexibility index (Phi) is 4.35. The quantitative estimate of drug-likeness (QED) is 0.854. The SMILES string of the molecule is COc1ccc(S(=O)(=O)N2CCOCC2C)cc1Cl. The largest absolute Gasteiger partial charge is 0.495 e. The minimum Gasteiger partial charge on any atom is -0.495 e. The summed E-state index contributed by atoms with van der Waals surface area (Å²) < 4.78 is 36.7. The highest BCUT2D eigenvalue weighted by molar-refractivity contribution is 7.89. The molecule has 7 heteroatoms. The van der Waals surface area contributed by atoms with E-state index in [1.54, 1.807) is 6.07 Å². The van der Waals surface area contributed by atoms with E-state index < -0.39 is 10.0 Å². The summed E-state index contributed by atoms with van der Waals surface area (Å²) in [6.07, 6.45) is 0. The van der Waals surface area contributed by atoms with Crippen molar-refractivity contribution in [3.8, 4) is 5.75 Å². The van der Waals surface area contributed by atoms with Gasteiger partial charge in [-0.05, 0) is 25.1 Å². The van der Waals surface area contributed by atoms with Gasteiger partial charge in [0.15, 0.2) is 0 Å². The van der Waals surface area contributed by atoms with Gasteiger partial charge in [0.1, 0.15) is 5.75 Å². The van der Waals surface area contributed by atoms with E-state index in [9.17, 15) is 8.42 Å². The first-order valence-corrected chi connectivity index (χ1v) is 7.71. The van der Waals surface area contributed by atoms with Gasteiger partial charge < -0.3 is 9.47 Å². The number of hydrogen-bond acceptors (Lipinski definition) is 4. The number of halogens is 1. The fourth-order valence-electron chi connectivity index (χ4n) is 2.01. The maximum atomic E-state index is 12.5. The number of hydrogen-bond donors (Lipinski definition) is 0. The lowest BCUT2D eigenvalue weighted by molar-refractivity contribution is 0.0393. The third kappa shape index (κ3) is 2.86. The second-order valence-corrected chi connectivity index (χ2v) is 6.63. The number of rotatable bonds is 3. The Morgan fingerprint density at radius 2 is 2.21 bits per heavy atom. The number of ether oxygens (including phenoxy) is 2. The third-order valence-electron chi connectivity index (χ3n) is 3.04. The zero-order valence-electron chi connectivity index (χ0n) is 10.8. The average molecular weight is 306 g/mol. The van der Waals surface area contributed by atoms with Crippen molar-refractivity contribution in [3.05, 3.63) is 23.2 Å². The summed E-state index contributed by atoms with van der Waals surface area (Å²) in [5, 5.41) is 0.282. The Labute approximate surface area is 118 Å². The molecule has 1 aromatic rings. The minimum absolute atomic E-state index is 0.173. The Morgan fingerprint density at radius 1 is 1.47 bits per heavy atom. The second-order valence-electron chi connectivity index (χ2n) is 4.34. The summed E-state index contributed by atoms with van der Waals surface area (Å²) in [7, 11) is -2.06. The predicted molar refractivity (Wildman–Crippen MR) is 72.2 cm³/mol. The number of nitrogens with zero attached hydrogens (tertiary/aromatic N) is 1. The average Bonchev–Trinajstić information content (AvgIpc) is 2.39. The van der Waals surface area contributed by atoms with E-state index in [4.69, 9.17) is 21.1 Å². The number of methoxy groups -OCH3 is 1. The summed E-state index contributed by atoms with van der Waals surface area (Å²) in [6, 6.07) is 4.29. The smallest absolute Gasteiger partial charge is 0.243 e. The van der Waals surface area contributed by atoms with E-state index in [1.165, 1.54) is 23.5 Å². The Balaban J connectivity index is 2.36. The first-order valence-electron chi connectivity index (χ1n) is 5.90. The molecule has 0 saturated carbocycles. The number of sulfonamides is 1. The standard InChI is InChI=1S/C12H16ClNO4S/c1-9-8-18-6-5-14(9)19(15,16)10-3-4-12(17-2)11(13)7-10/h3-4,7,9H,5-6,8H2,1-2H3. The van der Waals surface area contributed by atoms with Gasteiger partial charge in [-0.15, -0.1) is 0 Å². The zero-order chi connectivity index (χ0) is 14.0. The van der Waals surface area contributed by atoms with Crippen LogP contribution in [-0.2, 0) is 14.8 Å². The third-order valence-corrected chi connectivity index (χ3v) is 5.34. The van der Waals surface area contributed by atoms with Crippen molar-refractivity contribution >= 4 is 21.6 Å². The van der Waals surface area contributed by atoms with Gasteiger partial charge in [0.05, 0.1) is 30.2 Å². The molecule has 2 rings (SSSR count). The van der Waals surface area contributed by atoms with Gasteiger partial charge in [-0.3, -0.25) is 0 Å². The first-order chi connectivity index (χ1) is 8.96. The van der Waals surface area contributed by atoms with Gasteiger partial charge >= 0.3 is 0 Å². The zero-order valence-corrected chi connectivity index (χ0v) is 12.4. The van der Waals surface area contributed by atoms with E-state index in [1.807, 2.05) is 6.92 Å². The lowest BCUT2D eigenvalue weighted by atomic mass is 10.3. The molecule has 1 fully saturated rings. The van der Waals surface area contributed by atoms with Gasteiger partial charge in [0.2, 0.25) is 10.0 Å². The Morgan fingerprint density at radius 3 is 2.79 bits per heavy atom. The molecule has 106 valence electrons. The Bertz CT molecular complexity index is 561. The summed E-state index contributed by atoms with van der Waals surface area (Å²) >= 11 is 5.98. The maximum Gasteiger partial charge on any atom is 0.243 e. The molecule has 0 N–H and O–H groups in total. The number of benzene rings is 1. The van der Waals surface area contributed by atoms with Crippen LogP contribution in [0.1, 0.15) is 6.92 Å². The van der Waals surface area contributed by atoms with Crippen LogP contribution in [0.5, 0.6) is 5.75 Å². The maximum absolute atomic E-state index is 12.5. The van der Waals surface area contributed by atoms with Crippen molar-refractivity contribution in [1.82, 2.24) is 4.31 Å². The topological polar surface area (TPSA) is 55.8 Å². The normalized spacial score (nSPS) is 21.3. The van der Waals surface area contributed by atoms with Crippen molar-refractivity contribution in [2.75, 3.05) is 26.9 Å².